The van der Waals surface area contributed by atoms with Gasteiger partial charge in [-0.15, -0.1) is 11.3 Å². The number of carbonyl (C=O) groups is 1. The molecule has 2 fully saturated rings. The number of likely N-dealkylation sites (tertiary alicyclic amines) is 1. The second kappa shape index (κ2) is 8.15. The zero-order chi connectivity index (χ0) is 23.3. The highest BCUT2D eigenvalue weighted by atomic mass is 32.1. The first-order chi connectivity index (χ1) is 14.9. The zero-order valence-electron chi connectivity index (χ0n) is 20.1. The van der Waals surface area contributed by atoms with E-state index < -0.39 is 5.60 Å². The van der Waals surface area contributed by atoms with Crippen LogP contribution < -0.4 is 5.46 Å². The lowest BCUT2D eigenvalue weighted by Gasteiger charge is -2.32. The Kier molecular flexibility index (Phi) is 5.93. The van der Waals surface area contributed by atoms with E-state index in [1.54, 1.807) is 11.3 Å². The Hall–Kier alpha value is -1.90. The van der Waals surface area contributed by atoms with Gasteiger partial charge in [0.25, 0.3) is 0 Å². The van der Waals surface area contributed by atoms with Gasteiger partial charge in [-0.05, 0) is 72.3 Å². The number of ether oxygens (including phenoxy) is 1. The van der Waals surface area contributed by atoms with Gasteiger partial charge in [-0.3, -0.25) is 4.90 Å². The van der Waals surface area contributed by atoms with E-state index in [0.29, 0.717) is 6.54 Å². The first-order valence-corrected chi connectivity index (χ1v) is 12.1. The molecule has 1 atom stereocenters. The van der Waals surface area contributed by atoms with Crippen molar-refractivity contribution in [3.8, 4) is 10.4 Å². The molecule has 6 nitrogen and oxygen atoms in total. The van der Waals surface area contributed by atoms with Crippen LogP contribution in [0.5, 0.6) is 0 Å². The minimum absolute atomic E-state index is 0.0207. The summed E-state index contributed by atoms with van der Waals surface area (Å²) in [6.07, 6.45) is 3.51. The van der Waals surface area contributed by atoms with Crippen molar-refractivity contribution in [2.75, 3.05) is 6.54 Å². The van der Waals surface area contributed by atoms with E-state index in [1.807, 2.05) is 31.9 Å². The van der Waals surface area contributed by atoms with E-state index in [1.165, 1.54) is 0 Å². The lowest BCUT2D eigenvalue weighted by molar-refractivity contribution is 0.00578. The van der Waals surface area contributed by atoms with E-state index in [0.717, 1.165) is 33.8 Å². The largest absolute Gasteiger partial charge is 0.494 e. The number of hydrogen-bond acceptors (Lipinski definition) is 6. The molecule has 2 saturated heterocycles. The molecular weight excluding hydrogens is 423 g/mol. The van der Waals surface area contributed by atoms with Gasteiger partial charge in [0.1, 0.15) is 10.6 Å². The van der Waals surface area contributed by atoms with Gasteiger partial charge >= 0.3 is 13.2 Å². The summed E-state index contributed by atoms with van der Waals surface area (Å²) in [5, 5.41) is 0.957. The average Bonchev–Trinajstić information content (AvgIpc) is 3.38. The summed E-state index contributed by atoms with van der Waals surface area (Å²) in [6.45, 7) is 14.6. The van der Waals surface area contributed by atoms with Crippen LogP contribution >= 0.6 is 11.3 Å². The lowest BCUT2D eigenvalue weighted by Crippen LogP contribution is -2.41. The summed E-state index contributed by atoms with van der Waals surface area (Å²) in [7, 11) is -0.369. The molecule has 0 saturated carbocycles. The Morgan fingerprint density at radius 3 is 2.38 bits per heavy atom. The maximum absolute atomic E-state index is 12.6. The van der Waals surface area contributed by atoms with Crippen molar-refractivity contribution < 1.29 is 18.8 Å². The molecule has 0 aliphatic carbocycles. The van der Waals surface area contributed by atoms with E-state index >= 15 is 0 Å². The standard InChI is InChI=1S/C24H33BN2O4S/c1-22(2,3)29-21(28)27-14-8-9-18(27)20-26-15-19(32-20)16-10-12-17(13-11-16)25-30-23(4,5)24(6,7)31-25/h10-13,15,18H,8-9,14H2,1-7H3/t18-/m1/s1. The molecule has 3 heterocycles. The number of rotatable bonds is 3. The van der Waals surface area contributed by atoms with Crippen LogP contribution in [0.15, 0.2) is 30.5 Å². The quantitative estimate of drug-likeness (QED) is 0.596. The van der Waals surface area contributed by atoms with E-state index in [9.17, 15) is 4.79 Å². The van der Waals surface area contributed by atoms with Crippen LogP contribution in [0, 0.1) is 0 Å². The normalized spacial score (nSPS) is 22.4. The molecule has 2 aliphatic heterocycles. The fraction of sp³-hybridized carbons (Fsp3) is 0.583. The van der Waals surface area contributed by atoms with Crippen molar-refractivity contribution in [2.24, 2.45) is 0 Å². The molecule has 0 spiro atoms. The van der Waals surface area contributed by atoms with Crippen LogP contribution in [0.2, 0.25) is 0 Å². The molecule has 2 aromatic rings. The number of aromatic nitrogens is 1. The highest BCUT2D eigenvalue weighted by Gasteiger charge is 2.51. The molecule has 0 bridgehead atoms. The maximum atomic E-state index is 12.6. The number of benzene rings is 1. The Bertz CT molecular complexity index is 965. The Morgan fingerprint density at radius 2 is 1.78 bits per heavy atom. The summed E-state index contributed by atoms with van der Waals surface area (Å²) < 4.78 is 17.9. The van der Waals surface area contributed by atoms with Crippen LogP contribution in [0.3, 0.4) is 0 Å². The molecule has 4 rings (SSSR count). The second-order valence-corrected chi connectivity index (χ2v) is 11.7. The van der Waals surface area contributed by atoms with Crippen LogP contribution in [0.4, 0.5) is 4.79 Å². The van der Waals surface area contributed by atoms with Gasteiger partial charge in [0.2, 0.25) is 0 Å². The molecule has 32 heavy (non-hydrogen) atoms. The predicted molar refractivity (Wildman–Crippen MR) is 128 cm³/mol. The number of thiazole rings is 1. The Labute approximate surface area is 195 Å². The number of carbonyl (C=O) groups excluding carboxylic acids is 1. The summed E-state index contributed by atoms with van der Waals surface area (Å²) in [4.78, 5) is 20.2. The van der Waals surface area contributed by atoms with Crippen molar-refractivity contribution in [3.05, 3.63) is 35.5 Å². The molecule has 8 heteroatoms. The smallest absolute Gasteiger partial charge is 0.444 e. The fourth-order valence-electron chi connectivity index (χ4n) is 3.92. The van der Waals surface area contributed by atoms with Gasteiger partial charge in [0, 0.05) is 12.7 Å². The van der Waals surface area contributed by atoms with Gasteiger partial charge in [0.05, 0.1) is 22.1 Å². The van der Waals surface area contributed by atoms with Gasteiger partial charge in [-0.25, -0.2) is 9.78 Å². The van der Waals surface area contributed by atoms with E-state index in [-0.39, 0.29) is 30.5 Å². The summed E-state index contributed by atoms with van der Waals surface area (Å²) in [6, 6.07) is 8.25. The van der Waals surface area contributed by atoms with Gasteiger partial charge in [0.15, 0.2) is 0 Å². The summed E-state index contributed by atoms with van der Waals surface area (Å²) in [5.74, 6) is 0. The predicted octanol–water partition coefficient (Wildman–Crippen LogP) is 5.18. The van der Waals surface area contributed by atoms with Gasteiger partial charge in [-0.1, -0.05) is 24.3 Å². The highest BCUT2D eigenvalue weighted by molar-refractivity contribution is 7.15. The van der Waals surface area contributed by atoms with Crippen LogP contribution in [0.25, 0.3) is 10.4 Å². The average molecular weight is 456 g/mol. The molecule has 1 aromatic heterocycles. The van der Waals surface area contributed by atoms with Crippen molar-refractivity contribution >= 4 is 30.0 Å². The molecule has 0 N–H and O–H groups in total. The van der Waals surface area contributed by atoms with Crippen molar-refractivity contribution in [1.29, 1.82) is 0 Å². The van der Waals surface area contributed by atoms with Crippen molar-refractivity contribution in [1.82, 2.24) is 9.88 Å². The summed E-state index contributed by atoms with van der Waals surface area (Å²) >= 11 is 1.64. The SMILES string of the molecule is CC(C)(C)OC(=O)N1CCC[C@@H]1c1ncc(-c2ccc(B3OC(C)(C)C(C)(C)O3)cc2)s1. The van der Waals surface area contributed by atoms with Crippen molar-refractivity contribution in [2.45, 2.75) is 84.2 Å². The first-order valence-electron chi connectivity index (χ1n) is 11.3. The number of amides is 1. The van der Waals surface area contributed by atoms with E-state index in [2.05, 4.69) is 56.9 Å². The van der Waals surface area contributed by atoms with Crippen LogP contribution in [-0.2, 0) is 14.0 Å². The number of nitrogens with zero attached hydrogens (tertiary/aromatic N) is 2. The molecule has 172 valence electrons. The molecule has 0 radical (unpaired) electrons. The molecule has 0 unspecified atom stereocenters. The molecular formula is C24H33BN2O4S. The minimum Gasteiger partial charge on any atom is -0.444 e. The molecule has 1 amide bonds. The topological polar surface area (TPSA) is 60.9 Å². The zero-order valence-corrected chi connectivity index (χ0v) is 20.9. The third-order valence-corrected chi connectivity index (χ3v) is 7.56. The van der Waals surface area contributed by atoms with Crippen LogP contribution in [-0.4, -0.2) is 46.4 Å². The monoisotopic (exact) mass is 456 g/mol. The van der Waals surface area contributed by atoms with Gasteiger partial charge in [-0.2, -0.15) is 0 Å². The molecule has 2 aliphatic rings. The van der Waals surface area contributed by atoms with E-state index in [4.69, 9.17) is 14.0 Å². The third kappa shape index (κ3) is 4.59. The maximum Gasteiger partial charge on any atom is 0.494 e. The van der Waals surface area contributed by atoms with Crippen molar-refractivity contribution in [3.63, 3.8) is 0 Å². The Balaban J connectivity index is 1.48. The summed E-state index contributed by atoms with van der Waals surface area (Å²) in [5.41, 5.74) is 0.880. The molecule has 1 aromatic carbocycles. The second-order valence-electron chi connectivity index (χ2n) is 10.6. The van der Waals surface area contributed by atoms with Gasteiger partial charge < -0.3 is 14.0 Å². The Morgan fingerprint density at radius 1 is 1.16 bits per heavy atom. The highest BCUT2D eigenvalue weighted by Crippen LogP contribution is 2.39. The lowest BCUT2D eigenvalue weighted by atomic mass is 9.79. The minimum atomic E-state index is -0.503. The fourth-order valence-corrected chi connectivity index (χ4v) is 4.99. The number of hydrogen-bond donors (Lipinski definition) is 0. The third-order valence-electron chi connectivity index (χ3n) is 6.41. The first kappa shape index (κ1) is 23.3. The van der Waals surface area contributed by atoms with Crippen LogP contribution in [0.1, 0.15) is 72.4 Å².